The number of para-hydroxylation sites is 1. The molecule has 106 valence electrons. The Bertz CT molecular complexity index is 750. The van der Waals surface area contributed by atoms with Crippen LogP contribution in [0.5, 0.6) is 5.75 Å². The van der Waals surface area contributed by atoms with Gasteiger partial charge in [-0.25, -0.2) is 0 Å². The smallest absolute Gasteiger partial charge is 0.124 e. The molecular weight excluding hydrogens is 260 g/mol. The Morgan fingerprint density at radius 2 is 1.81 bits per heavy atom. The molecule has 0 spiro atoms. The fourth-order valence-electron chi connectivity index (χ4n) is 2.56. The van der Waals surface area contributed by atoms with E-state index in [-0.39, 0.29) is 6.04 Å². The number of aromatic nitrogens is 1. The summed E-state index contributed by atoms with van der Waals surface area (Å²) in [5, 5.41) is 2.23. The Labute approximate surface area is 124 Å². The number of benzene rings is 2. The van der Waals surface area contributed by atoms with Crippen LogP contribution < -0.4 is 10.5 Å². The highest BCUT2D eigenvalue weighted by molar-refractivity contribution is 5.85. The topological polar surface area (TPSA) is 48.1 Å². The number of hydrogen-bond acceptors (Lipinski definition) is 3. The zero-order valence-electron chi connectivity index (χ0n) is 12.0. The molecule has 3 aromatic rings. The van der Waals surface area contributed by atoms with Gasteiger partial charge in [-0.2, -0.15) is 0 Å². The van der Waals surface area contributed by atoms with Gasteiger partial charge < -0.3 is 10.5 Å². The van der Waals surface area contributed by atoms with Crippen LogP contribution in [0.3, 0.4) is 0 Å². The van der Waals surface area contributed by atoms with Crippen LogP contribution in [0.1, 0.15) is 24.2 Å². The van der Waals surface area contributed by atoms with E-state index in [9.17, 15) is 0 Å². The van der Waals surface area contributed by atoms with E-state index in [0.29, 0.717) is 6.61 Å². The summed E-state index contributed by atoms with van der Waals surface area (Å²) in [5.74, 6) is 0.822. The van der Waals surface area contributed by atoms with Gasteiger partial charge in [0.1, 0.15) is 5.75 Å². The standard InChI is InChI=1S/C18H18N2O/c1-2-21-16-10-6-5-9-15(16)17(19)18-14-8-4-3-7-13(14)11-12-20-18/h3-12,17H,2,19H2,1H3. The van der Waals surface area contributed by atoms with Gasteiger partial charge in [-0.15, -0.1) is 0 Å². The molecule has 3 nitrogen and oxygen atoms in total. The lowest BCUT2D eigenvalue weighted by molar-refractivity contribution is 0.335. The second kappa shape index (κ2) is 5.94. The van der Waals surface area contributed by atoms with Crippen molar-refractivity contribution in [2.45, 2.75) is 13.0 Å². The molecule has 0 saturated carbocycles. The number of fused-ring (bicyclic) bond motifs is 1. The molecule has 2 aromatic carbocycles. The summed E-state index contributed by atoms with van der Waals surface area (Å²) in [6.07, 6.45) is 1.81. The predicted molar refractivity (Wildman–Crippen MR) is 85.4 cm³/mol. The van der Waals surface area contributed by atoms with Crippen molar-refractivity contribution in [3.05, 3.63) is 72.1 Å². The highest BCUT2D eigenvalue weighted by atomic mass is 16.5. The van der Waals surface area contributed by atoms with Crippen molar-refractivity contribution in [3.8, 4) is 5.75 Å². The first kappa shape index (κ1) is 13.6. The van der Waals surface area contributed by atoms with Gasteiger partial charge in [-0.3, -0.25) is 4.98 Å². The molecule has 3 rings (SSSR count). The largest absolute Gasteiger partial charge is 0.494 e. The van der Waals surface area contributed by atoms with E-state index in [2.05, 4.69) is 17.1 Å². The molecule has 0 aliphatic heterocycles. The molecule has 21 heavy (non-hydrogen) atoms. The van der Waals surface area contributed by atoms with Gasteiger partial charge in [0.05, 0.1) is 18.3 Å². The van der Waals surface area contributed by atoms with Crippen LogP contribution in [0.4, 0.5) is 0 Å². The molecule has 0 fully saturated rings. The fraction of sp³-hybridized carbons (Fsp3) is 0.167. The molecule has 1 atom stereocenters. The normalized spacial score (nSPS) is 12.3. The first-order valence-electron chi connectivity index (χ1n) is 7.12. The number of nitrogens with two attached hydrogens (primary N) is 1. The van der Waals surface area contributed by atoms with Crippen molar-refractivity contribution in [1.82, 2.24) is 4.98 Å². The van der Waals surface area contributed by atoms with Crippen molar-refractivity contribution >= 4 is 10.8 Å². The summed E-state index contributed by atoms with van der Waals surface area (Å²) >= 11 is 0. The Morgan fingerprint density at radius 3 is 2.67 bits per heavy atom. The third-order valence-corrected chi connectivity index (χ3v) is 3.55. The second-order valence-corrected chi connectivity index (χ2v) is 4.87. The number of pyridine rings is 1. The van der Waals surface area contributed by atoms with E-state index in [4.69, 9.17) is 10.5 Å². The molecule has 3 heteroatoms. The second-order valence-electron chi connectivity index (χ2n) is 4.87. The van der Waals surface area contributed by atoms with E-state index in [1.807, 2.05) is 49.4 Å². The maximum atomic E-state index is 6.47. The first-order chi connectivity index (χ1) is 10.3. The van der Waals surface area contributed by atoms with Gasteiger partial charge in [0, 0.05) is 17.1 Å². The molecule has 0 amide bonds. The van der Waals surface area contributed by atoms with Gasteiger partial charge in [-0.1, -0.05) is 42.5 Å². The molecule has 2 N–H and O–H groups in total. The zero-order chi connectivity index (χ0) is 14.7. The Hall–Kier alpha value is -2.39. The highest BCUT2D eigenvalue weighted by Crippen LogP contribution is 2.30. The van der Waals surface area contributed by atoms with Gasteiger partial charge in [0.25, 0.3) is 0 Å². The number of hydrogen-bond donors (Lipinski definition) is 1. The third kappa shape index (κ3) is 2.60. The van der Waals surface area contributed by atoms with Crippen LogP contribution >= 0.6 is 0 Å². The van der Waals surface area contributed by atoms with Crippen LogP contribution in [-0.4, -0.2) is 11.6 Å². The van der Waals surface area contributed by atoms with Gasteiger partial charge in [0.15, 0.2) is 0 Å². The van der Waals surface area contributed by atoms with E-state index in [1.165, 1.54) is 0 Å². The molecule has 1 aromatic heterocycles. The van der Waals surface area contributed by atoms with Gasteiger partial charge in [0.2, 0.25) is 0 Å². The number of ether oxygens (including phenoxy) is 1. The number of rotatable bonds is 4. The van der Waals surface area contributed by atoms with E-state index in [0.717, 1.165) is 27.8 Å². The van der Waals surface area contributed by atoms with Crippen LogP contribution in [-0.2, 0) is 0 Å². The van der Waals surface area contributed by atoms with Gasteiger partial charge >= 0.3 is 0 Å². The minimum Gasteiger partial charge on any atom is -0.494 e. The summed E-state index contributed by atoms with van der Waals surface area (Å²) in [6, 6.07) is 17.7. The molecule has 0 aliphatic rings. The lowest BCUT2D eigenvalue weighted by Gasteiger charge is -2.17. The maximum Gasteiger partial charge on any atom is 0.124 e. The van der Waals surface area contributed by atoms with Crippen molar-refractivity contribution < 1.29 is 4.74 Å². The van der Waals surface area contributed by atoms with E-state index in [1.54, 1.807) is 6.20 Å². The molecule has 1 unspecified atom stereocenters. The average Bonchev–Trinajstić information content (AvgIpc) is 2.54. The highest BCUT2D eigenvalue weighted by Gasteiger charge is 2.17. The Balaban J connectivity index is 2.11. The number of nitrogens with zero attached hydrogens (tertiary/aromatic N) is 1. The quantitative estimate of drug-likeness (QED) is 0.792. The zero-order valence-corrected chi connectivity index (χ0v) is 12.0. The molecular formula is C18H18N2O. The van der Waals surface area contributed by atoms with E-state index < -0.39 is 0 Å². The molecule has 1 heterocycles. The van der Waals surface area contributed by atoms with Crippen LogP contribution in [0.2, 0.25) is 0 Å². The summed E-state index contributed by atoms with van der Waals surface area (Å²) in [6.45, 7) is 2.59. The van der Waals surface area contributed by atoms with Crippen molar-refractivity contribution in [2.24, 2.45) is 5.73 Å². The lowest BCUT2D eigenvalue weighted by Crippen LogP contribution is -2.15. The van der Waals surface area contributed by atoms with E-state index >= 15 is 0 Å². The van der Waals surface area contributed by atoms with Gasteiger partial charge in [-0.05, 0) is 24.4 Å². The summed E-state index contributed by atoms with van der Waals surface area (Å²) in [7, 11) is 0. The molecule has 0 bridgehead atoms. The predicted octanol–water partition coefficient (Wildman–Crippen LogP) is 3.68. The fourth-order valence-corrected chi connectivity index (χ4v) is 2.56. The van der Waals surface area contributed by atoms with Crippen molar-refractivity contribution in [3.63, 3.8) is 0 Å². The lowest BCUT2D eigenvalue weighted by atomic mass is 9.98. The average molecular weight is 278 g/mol. The van der Waals surface area contributed by atoms with Crippen molar-refractivity contribution in [1.29, 1.82) is 0 Å². The van der Waals surface area contributed by atoms with Crippen LogP contribution in [0.25, 0.3) is 10.8 Å². The van der Waals surface area contributed by atoms with Crippen LogP contribution in [0, 0.1) is 0 Å². The minimum absolute atomic E-state index is 0.307. The Morgan fingerprint density at radius 1 is 1.05 bits per heavy atom. The summed E-state index contributed by atoms with van der Waals surface area (Å²) in [4.78, 5) is 4.50. The van der Waals surface area contributed by atoms with Crippen molar-refractivity contribution in [2.75, 3.05) is 6.61 Å². The summed E-state index contributed by atoms with van der Waals surface area (Å²) < 4.78 is 5.68. The minimum atomic E-state index is -0.307. The summed E-state index contributed by atoms with van der Waals surface area (Å²) in [5.41, 5.74) is 8.31. The SMILES string of the molecule is CCOc1ccccc1C(N)c1nccc2ccccc12. The van der Waals surface area contributed by atoms with Crippen LogP contribution in [0.15, 0.2) is 60.8 Å². The molecule has 0 aliphatic carbocycles. The Kier molecular flexibility index (Phi) is 3.84. The monoisotopic (exact) mass is 278 g/mol. The molecule has 0 radical (unpaired) electrons. The first-order valence-corrected chi connectivity index (χ1v) is 7.12. The third-order valence-electron chi connectivity index (χ3n) is 3.55. The molecule has 0 saturated heterocycles. The maximum absolute atomic E-state index is 6.47.